The zero-order valence-electron chi connectivity index (χ0n) is 18.4. The van der Waals surface area contributed by atoms with Crippen LogP contribution in [0.2, 0.25) is 5.02 Å². The topological polar surface area (TPSA) is 78.5 Å². The first-order valence-corrected chi connectivity index (χ1v) is 11.1. The molecule has 0 radical (unpaired) electrons. The molecule has 3 rings (SSSR count). The van der Waals surface area contributed by atoms with Gasteiger partial charge in [-0.05, 0) is 42.7 Å². The first kappa shape index (κ1) is 24.6. The number of rotatable bonds is 8. The molecule has 1 unspecified atom stereocenters. The predicted octanol–water partition coefficient (Wildman–Crippen LogP) is 4.28. The number of anilines is 1. The molecule has 1 saturated heterocycles. The van der Waals surface area contributed by atoms with Gasteiger partial charge in [0.05, 0.1) is 0 Å². The van der Waals surface area contributed by atoms with E-state index in [0.29, 0.717) is 17.1 Å². The van der Waals surface area contributed by atoms with Crippen molar-refractivity contribution >= 4 is 35.0 Å². The third-order valence-electron chi connectivity index (χ3n) is 5.62. The van der Waals surface area contributed by atoms with Crippen LogP contribution in [0.3, 0.4) is 0 Å². The van der Waals surface area contributed by atoms with Crippen LogP contribution in [-0.4, -0.2) is 34.7 Å². The Kier molecular flexibility index (Phi) is 8.02. The number of carbonyl (C=O) groups excluding carboxylic acids is 3. The highest BCUT2D eigenvalue weighted by Gasteiger charge is 2.34. The fraction of sp³-hybridized carbons (Fsp3) is 0.375. The van der Waals surface area contributed by atoms with E-state index in [-0.39, 0.29) is 42.7 Å². The molecular formula is C24H26ClF2N3O3. The van der Waals surface area contributed by atoms with Crippen molar-refractivity contribution in [2.24, 2.45) is 5.92 Å². The number of nitrogens with one attached hydrogen (secondary N) is 2. The quantitative estimate of drug-likeness (QED) is 0.595. The molecule has 33 heavy (non-hydrogen) atoms. The largest absolute Gasteiger partial charge is 0.344 e. The number of hydrogen-bond donors (Lipinski definition) is 2. The van der Waals surface area contributed by atoms with Crippen LogP contribution < -0.4 is 10.6 Å². The van der Waals surface area contributed by atoms with Crippen LogP contribution in [0.4, 0.5) is 14.5 Å². The summed E-state index contributed by atoms with van der Waals surface area (Å²) in [7, 11) is 0. The zero-order chi connectivity index (χ0) is 24.1. The number of amides is 3. The van der Waals surface area contributed by atoms with Crippen molar-refractivity contribution in [3.05, 3.63) is 64.7 Å². The van der Waals surface area contributed by atoms with Gasteiger partial charge in [0.1, 0.15) is 6.04 Å². The summed E-state index contributed by atoms with van der Waals surface area (Å²) in [6.45, 7) is 3.50. The second-order valence-corrected chi connectivity index (χ2v) is 8.85. The number of hydrogen-bond acceptors (Lipinski definition) is 3. The Morgan fingerprint density at radius 1 is 1.15 bits per heavy atom. The lowest BCUT2D eigenvalue weighted by molar-refractivity contribution is -0.131. The molecule has 0 aliphatic carbocycles. The van der Waals surface area contributed by atoms with E-state index in [0.717, 1.165) is 6.07 Å². The normalized spacial score (nSPS) is 16.7. The summed E-state index contributed by atoms with van der Waals surface area (Å²) >= 11 is 5.86. The summed E-state index contributed by atoms with van der Waals surface area (Å²) in [5, 5.41) is 6.04. The highest BCUT2D eigenvalue weighted by Crippen LogP contribution is 2.25. The number of carbonyl (C=O) groups is 3. The molecule has 1 heterocycles. The van der Waals surface area contributed by atoms with Gasteiger partial charge in [-0.1, -0.05) is 37.6 Å². The average Bonchev–Trinajstić information content (AvgIpc) is 3.10. The highest BCUT2D eigenvalue weighted by atomic mass is 35.5. The molecule has 1 aliphatic heterocycles. The van der Waals surface area contributed by atoms with Crippen molar-refractivity contribution in [1.82, 2.24) is 10.2 Å². The van der Waals surface area contributed by atoms with Crippen LogP contribution in [-0.2, 0) is 20.9 Å². The van der Waals surface area contributed by atoms with Crippen molar-refractivity contribution in [3.63, 3.8) is 0 Å². The lowest BCUT2D eigenvalue weighted by Crippen LogP contribution is -2.48. The highest BCUT2D eigenvalue weighted by molar-refractivity contribution is 6.30. The summed E-state index contributed by atoms with van der Waals surface area (Å²) in [5.74, 6) is -3.17. The molecule has 3 amide bonds. The molecular weight excluding hydrogens is 452 g/mol. The Morgan fingerprint density at radius 2 is 1.85 bits per heavy atom. The molecule has 2 N–H and O–H groups in total. The van der Waals surface area contributed by atoms with Gasteiger partial charge in [-0.3, -0.25) is 14.4 Å². The third-order valence-corrected chi connectivity index (χ3v) is 5.88. The summed E-state index contributed by atoms with van der Waals surface area (Å²) in [5.41, 5.74) is 0.604. The Bertz CT molecular complexity index is 1030. The van der Waals surface area contributed by atoms with E-state index in [2.05, 4.69) is 10.6 Å². The SMILES string of the molecule is CC(C)C(NC(=O)C[C@@H]1CCC(=O)N1Cc1cccc(F)c1F)C(=O)Nc1ccc(Cl)cc1. The molecule has 0 aromatic heterocycles. The maximum atomic E-state index is 14.1. The molecule has 176 valence electrons. The predicted molar refractivity (Wildman–Crippen MR) is 121 cm³/mol. The standard InChI is InChI=1S/C24H26ClF2N3O3/c1-14(2)23(24(33)28-17-8-6-16(25)7-9-17)29-20(31)12-18-10-11-21(32)30(18)13-15-4-3-5-19(26)22(15)27/h3-9,14,18,23H,10-13H2,1-2H3,(H,28,33)(H,29,31)/t18-,23?/m0/s1. The van der Waals surface area contributed by atoms with Gasteiger partial charge in [0, 0.05) is 41.7 Å². The van der Waals surface area contributed by atoms with Gasteiger partial charge in [0.25, 0.3) is 0 Å². The van der Waals surface area contributed by atoms with Gasteiger partial charge in [0.2, 0.25) is 17.7 Å². The van der Waals surface area contributed by atoms with Crippen molar-refractivity contribution < 1.29 is 23.2 Å². The Labute approximate surface area is 196 Å². The van der Waals surface area contributed by atoms with Gasteiger partial charge >= 0.3 is 0 Å². The molecule has 2 aromatic carbocycles. The van der Waals surface area contributed by atoms with Gasteiger partial charge in [-0.15, -0.1) is 0 Å². The first-order chi connectivity index (χ1) is 15.7. The molecule has 1 fully saturated rings. The zero-order valence-corrected chi connectivity index (χ0v) is 19.2. The van der Waals surface area contributed by atoms with Crippen LogP contribution in [0.25, 0.3) is 0 Å². The third kappa shape index (κ3) is 6.28. The van der Waals surface area contributed by atoms with E-state index >= 15 is 0 Å². The molecule has 9 heteroatoms. The lowest BCUT2D eigenvalue weighted by Gasteiger charge is -2.27. The molecule has 2 atom stereocenters. The van der Waals surface area contributed by atoms with E-state index < -0.39 is 29.6 Å². The maximum absolute atomic E-state index is 14.1. The van der Waals surface area contributed by atoms with Crippen LogP contribution in [0.1, 0.15) is 38.7 Å². The van der Waals surface area contributed by atoms with E-state index in [9.17, 15) is 23.2 Å². The van der Waals surface area contributed by atoms with Crippen molar-refractivity contribution in [2.45, 2.75) is 51.7 Å². The van der Waals surface area contributed by atoms with Gasteiger partial charge in [-0.25, -0.2) is 8.78 Å². The van der Waals surface area contributed by atoms with E-state index in [1.165, 1.54) is 17.0 Å². The average molecular weight is 478 g/mol. The monoisotopic (exact) mass is 477 g/mol. The summed E-state index contributed by atoms with van der Waals surface area (Å²) in [6, 6.07) is 9.16. The minimum absolute atomic E-state index is 0.0415. The Balaban J connectivity index is 1.64. The maximum Gasteiger partial charge on any atom is 0.247 e. The Morgan fingerprint density at radius 3 is 2.52 bits per heavy atom. The number of halogens is 3. The van der Waals surface area contributed by atoms with Gasteiger partial charge < -0.3 is 15.5 Å². The molecule has 2 aromatic rings. The lowest BCUT2D eigenvalue weighted by atomic mass is 10.0. The summed E-state index contributed by atoms with van der Waals surface area (Å²) in [6.07, 6.45) is 0.603. The van der Waals surface area contributed by atoms with E-state index in [1.807, 2.05) is 13.8 Å². The smallest absolute Gasteiger partial charge is 0.247 e. The molecule has 0 bridgehead atoms. The number of nitrogens with zero attached hydrogens (tertiary/aromatic N) is 1. The van der Waals surface area contributed by atoms with Crippen LogP contribution in [0, 0.1) is 17.6 Å². The van der Waals surface area contributed by atoms with Crippen molar-refractivity contribution in [2.75, 3.05) is 5.32 Å². The molecule has 0 saturated carbocycles. The van der Waals surface area contributed by atoms with Crippen LogP contribution >= 0.6 is 11.6 Å². The van der Waals surface area contributed by atoms with Crippen LogP contribution in [0.15, 0.2) is 42.5 Å². The van der Waals surface area contributed by atoms with E-state index in [1.54, 1.807) is 24.3 Å². The molecule has 6 nitrogen and oxygen atoms in total. The molecule has 0 spiro atoms. The minimum atomic E-state index is -1.00. The summed E-state index contributed by atoms with van der Waals surface area (Å²) < 4.78 is 27.6. The van der Waals surface area contributed by atoms with Crippen LogP contribution in [0.5, 0.6) is 0 Å². The van der Waals surface area contributed by atoms with Crippen molar-refractivity contribution in [1.29, 1.82) is 0 Å². The summed E-state index contributed by atoms with van der Waals surface area (Å²) in [4.78, 5) is 39.2. The van der Waals surface area contributed by atoms with Gasteiger partial charge in [-0.2, -0.15) is 0 Å². The molecule has 1 aliphatic rings. The first-order valence-electron chi connectivity index (χ1n) is 10.7. The number of likely N-dealkylation sites (tertiary alicyclic amines) is 1. The van der Waals surface area contributed by atoms with Crippen molar-refractivity contribution in [3.8, 4) is 0 Å². The fourth-order valence-corrected chi connectivity index (χ4v) is 3.94. The second kappa shape index (κ2) is 10.7. The number of benzene rings is 2. The van der Waals surface area contributed by atoms with E-state index in [4.69, 9.17) is 11.6 Å². The second-order valence-electron chi connectivity index (χ2n) is 8.42. The minimum Gasteiger partial charge on any atom is -0.344 e. The Hall–Kier alpha value is -3.00. The fourth-order valence-electron chi connectivity index (χ4n) is 3.81. The van der Waals surface area contributed by atoms with Gasteiger partial charge in [0.15, 0.2) is 11.6 Å².